The molecule has 0 aromatic heterocycles. The summed E-state index contributed by atoms with van der Waals surface area (Å²) in [6, 6.07) is 12.5. The van der Waals surface area contributed by atoms with E-state index in [2.05, 4.69) is 15.9 Å². The molecule has 0 N–H and O–H groups in total. The van der Waals surface area contributed by atoms with Crippen molar-refractivity contribution in [2.24, 2.45) is 0 Å². The van der Waals surface area contributed by atoms with E-state index in [0.29, 0.717) is 15.6 Å². The Bertz CT molecular complexity index is 650. The van der Waals surface area contributed by atoms with Gasteiger partial charge in [-0.1, -0.05) is 57.3 Å². The van der Waals surface area contributed by atoms with E-state index in [0.717, 1.165) is 10.0 Å². The number of rotatable bonds is 3. The van der Waals surface area contributed by atoms with Gasteiger partial charge in [-0.25, -0.2) is 0 Å². The van der Waals surface area contributed by atoms with Gasteiger partial charge in [-0.15, -0.1) is 0 Å². The Morgan fingerprint density at radius 2 is 1.89 bits per heavy atom. The Labute approximate surface area is 130 Å². The number of halogens is 3. The van der Waals surface area contributed by atoms with Crippen LogP contribution in [0.3, 0.4) is 0 Å². The topological polar surface area (TPSA) is 17.1 Å². The third kappa shape index (κ3) is 3.93. The van der Waals surface area contributed by atoms with Crippen molar-refractivity contribution in [2.75, 3.05) is 0 Å². The minimum absolute atomic E-state index is 0.174. The van der Waals surface area contributed by atoms with Gasteiger partial charge in [0.25, 0.3) is 0 Å². The lowest BCUT2D eigenvalue weighted by Crippen LogP contribution is -1.95. The van der Waals surface area contributed by atoms with Crippen LogP contribution in [0.1, 0.15) is 15.9 Å². The fourth-order valence-corrected chi connectivity index (χ4v) is 2.36. The maximum atomic E-state index is 12.0. The van der Waals surface area contributed by atoms with Gasteiger partial charge in [0.1, 0.15) is 0 Å². The molecule has 2 aromatic carbocycles. The Balaban J connectivity index is 2.23. The van der Waals surface area contributed by atoms with Crippen LogP contribution in [0.25, 0.3) is 6.08 Å². The summed E-state index contributed by atoms with van der Waals surface area (Å²) in [5.41, 5.74) is 1.33. The molecule has 0 radical (unpaired) electrons. The highest BCUT2D eigenvalue weighted by Gasteiger charge is 2.07. The van der Waals surface area contributed by atoms with E-state index in [-0.39, 0.29) is 5.78 Å². The molecule has 0 spiro atoms. The van der Waals surface area contributed by atoms with E-state index in [1.165, 1.54) is 6.08 Å². The summed E-state index contributed by atoms with van der Waals surface area (Å²) in [6.45, 7) is 0. The minimum atomic E-state index is -0.174. The van der Waals surface area contributed by atoms with Crippen LogP contribution in [0.4, 0.5) is 0 Å². The summed E-state index contributed by atoms with van der Waals surface area (Å²) in [5.74, 6) is -0.174. The Morgan fingerprint density at radius 3 is 2.63 bits per heavy atom. The maximum absolute atomic E-state index is 12.0. The average molecular weight is 356 g/mol. The summed E-state index contributed by atoms with van der Waals surface area (Å²) >= 11 is 15.2. The molecule has 0 saturated carbocycles. The zero-order chi connectivity index (χ0) is 13.8. The van der Waals surface area contributed by atoms with Crippen molar-refractivity contribution in [2.45, 2.75) is 0 Å². The summed E-state index contributed by atoms with van der Waals surface area (Å²) in [4.78, 5) is 12.0. The molecule has 2 rings (SSSR count). The predicted octanol–water partition coefficient (Wildman–Crippen LogP) is 5.65. The normalized spacial score (nSPS) is 10.9. The lowest BCUT2D eigenvalue weighted by atomic mass is 10.1. The highest BCUT2D eigenvalue weighted by atomic mass is 79.9. The molecule has 19 heavy (non-hydrogen) atoms. The molecule has 0 saturated heterocycles. The van der Waals surface area contributed by atoms with Gasteiger partial charge in [-0.3, -0.25) is 4.79 Å². The van der Waals surface area contributed by atoms with E-state index in [9.17, 15) is 4.79 Å². The van der Waals surface area contributed by atoms with Crippen LogP contribution in [0.2, 0.25) is 10.0 Å². The molecule has 1 nitrogen and oxygen atoms in total. The molecular weight excluding hydrogens is 347 g/mol. The molecular formula is C15H9BrCl2O. The first-order chi connectivity index (χ1) is 9.06. The molecule has 0 unspecified atom stereocenters. The van der Waals surface area contributed by atoms with Gasteiger partial charge in [0.05, 0.1) is 5.02 Å². The lowest BCUT2D eigenvalue weighted by Gasteiger charge is -2.00. The number of hydrogen-bond acceptors (Lipinski definition) is 1. The fourth-order valence-electron chi connectivity index (χ4n) is 1.56. The highest BCUT2D eigenvalue weighted by Crippen LogP contribution is 2.22. The largest absolute Gasteiger partial charge is 0.289 e. The van der Waals surface area contributed by atoms with Gasteiger partial charge in [0, 0.05) is 15.1 Å². The van der Waals surface area contributed by atoms with Crippen LogP contribution in [0.15, 0.2) is 53.0 Å². The zero-order valence-corrected chi connectivity index (χ0v) is 12.8. The van der Waals surface area contributed by atoms with E-state index < -0.39 is 0 Å². The number of carbonyl (C=O) groups excluding carboxylic acids is 1. The van der Waals surface area contributed by atoms with Crippen molar-refractivity contribution < 1.29 is 4.79 Å². The standard InChI is InChI=1S/C15H9BrCl2O/c16-11-3-1-2-10(8-11)4-7-15(19)13-9-12(17)5-6-14(13)18/h1-9H/b7-4+. The first-order valence-electron chi connectivity index (χ1n) is 5.49. The minimum Gasteiger partial charge on any atom is -0.289 e. The van der Waals surface area contributed by atoms with E-state index in [1.807, 2.05) is 24.3 Å². The first-order valence-corrected chi connectivity index (χ1v) is 7.04. The smallest absolute Gasteiger partial charge is 0.187 e. The summed E-state index contributed by atoms with van der Waals surface area (Å²) in [7, 11) is 0. The summed E-state index contributed by atoms with van der Waals surface area (Å²) in [5, 5.41) is 0.886. The van der Waals surface area contributed by atoms with Gasteiger partial charge in [0.15, 0.2) is 5.78 Å². The quantitative estimate of drug-likeness (QED) is 0.513. The van der Waals surface area contributed by atoms with Crippen molar-refractivity contribution in [3.63, 3.8) is 0 Å². The molecule has 0 aliphatic rings. The lowest BCUT2D eigenvalue weighted by molar-refractivity contribution is 0.104. The van der Waals surface area contributed by atoms with Gasteiger partial charge < -0.3 is 0 Å². The molecule has 0 bridgehead atoms. The molecule has 96 valence electrons. The van der Waals surface area contributed by atoms with Crippen LogP contribution in [0.5, 0.6) is 0 Å². The monoisotopic (exact) mass is 354 g/mol. The number of hydrogen-bond donors (Lipinski definition) is 0. The van der Waals surface area contributed by atoms with Crippen molar-refractivity contribution in [3.05, 3.63) is 74.2 Å². The van der Waals surface area contributed by atoms with Crippen LogP contribution in [-0.2, 0) is 0 Å². The van der Waals surface area contributed by atoms with Crippen molar-refractivity contribution in [1.82, 2.24) is 0 Å². The molecule has 0 fully saturated rings. The molecule has 0 aliphatic heterocycles. The number of allylic oxidation sites excluding steroid dienone is 1. The highest BCUT2D eigenvalue weighted by molar-refractivity contribution is 9.10. The summed E-state index contributed by atoms with van der Waals surface area (Å²) in [6.07, 6.45) is 3.23. The predicted molar refractivity (Wildman–Crippen MR) is 84.0 cm³/mol. The second-order valence-corrected chi connectivity index (χ2v) is 5.64. The van der Waals surface area contributed by atoms with E-state index in [4.69, 9.17) is 23.2 Å². The molecule has 0 atom stereocenters. The SMILES string of the molecule is O=C(/C=C/c1cccc(Br)c1)c1cc(Cl)ccc1Cl. The molecule has 0 aliphatic carbocycles. The van der Waals surface area contributed by atoms with Gasteiger partial charge in [-0.05, 0) is 42.0 Å². The first kappa shape index (κ1) is 14.3. The van der Waals surface area contributed by atoms with Crippen molar-refractivity contribution in [3.8, 4) is 0 Å². The molecule has 4 heteroatoms. The second-order valence-electron chi connectivity index (χ2n) is 3.88. The summed E-state index contributed by atoms with van der Waals surface area (Å²) < 4.78 is 0.961. The van der Waals surface area contributed by atoms with Crippen molar-refractivity contribution >= 4 is 51.0 Å². The third-order valence-corrected chi connectivity index (χ3v) is 3.53. The van der Waals surface area contributed by atoms with Crippen molar-refractivity contribution in [1.29, 1.82) is 0 Å². The third-order valence-electron chi connectivity index (χ3n) is 2.47. The van der Waals surface area contributed by atoms with Crippen LogP contribution >= 0.6 is 39.1 Å². The second kappa shape index (κ2) is 6.38. The van der Waals surface area contributed by atoms with Gasteiger partial charge in [0.2, 0.25) is 0 Å². The molecule has 0 amide bonds. The molecule has 2 aromatic rings. The Kier molecular flexibility index (Phi) is 4.81. The Morgan fingerprint density at radius 1 is 1.11 bits per heavy atom. The van der Waals surface area contributed by atoms with Crippen LogP contribution in [0, 0.1) is 0 Å². The maximum Gasteiger partial charge on any atom is 0.187 e. The van der Waals surface area contributed by atoms with Crippen LogP contribution < -0.4 is 0 Å². The van der Waals surface area contributed by atoms with Gasteiger partial charge >= 0.3 is 0 Å². The molecule has 0 heterocycles. The van der Waals surface area contributed by atoms with Crippen LogP contribution in [-0.4, -0.2) is 5.78 Å². The zero-order valence-electron chi connectivity index (χ0n) is 9.74. The average Bonchev–Trinajstić information content (AvgIpc) is 2.39. The number of carbonyl (C=O) groups is 1. The number of benzene rings is 2. The van der Waals surface area contributed by atoms with E-state index in [1.54, 1.807) is 24.3 Å². The number of ketones is 1. The van der Waals surface area contributed by atoms with E-state index >= 15 is 0 Å². The van der Waals surface area contributed by atoms with Gasteiger partial charge in [-0.2, -0.15) is 0 Å². The Hall–Kier alpha value is -1.09. The fraction of sp³-hybridized carbons (Fsp3) is 0.